The lowest BCUT2D eigenvalue weighted by molar-refractivity contribution is 0.102. The fourth-order valence-corrected chi connectivity index (χ4v) is 5.65. The minimum atomic E-state index is -4.16. The first kappa shape index (κ1) is 21.1. The highest BCUT2D eigenvalue weighted by molar-refractivity contribution is 9.11. The first-order chi connectivity index (χ1) is 13.1. The molecule has 2 aromatic carbocycles. The molecule has 0 amide bonds. The normalized spacial score (nSPS) is 11.5. The molecule has 0 bridgehead atoms. The number of hydrogen-bond donors (Lipinski definition) is 2. The number of nitrogens with one attached hydrogen (secondary N) is 1. The number of benzene rings is 2. The summed E-state index contributed by atoms with van der Waals surface area (Å²) in [5, 5.41) is 8.88. The zero-order chi connectivity index (χ0) is 20.6. The third kappa shape index (κ3) is 3.90. The van der Waals surface area contributed by atoms with Gasteiger partial charge in [-0.2, -0.15) is 0 Å². The van der Waals surface area contributed by atoms with E-state index in [1.54, 1.807) is 54.2 Å². The number of aromatic nitrogens is 1. The maximum atomic E-state index is 13.4. The second-order valence-corrected chi connectivity index (χ2v) is 9.40. The summed E-state index contributed by atoms with van der Waals surface area (Å²) < 4.78 is 26.7. The van der Waals surface area contributed by atoms with Crippen LogP contribution in [0, 0.1) is 0 Å². The van der Waals surface area contributed by atoms with Crippen LogP contribution in [0.4, 0.5) is 5.69 Å². The molecule has 146 valence electrons. The molecule has 1 aromatic heterocycles. The molecule has 0 saturated carbocycles. The molecular weight excluding hydrogens is 534 g/mol. The summed E-state index contributed by atoms with van der Waals surface area (Å²) in [4.78, 5) is 13.1. The largest absolute Gasteiger partial charge is 0.386 e. The zero-order valence-electron chi connectivity index (χ0n) is 14.4. The number of halogens is 3. The third-order valence-electron chi connectivity index (χ3n) is 4.05. The first-order valence-corrected chi connectivity index (χ1v) is 11.4. The Bertz CT molecular complexity index is 1180. The van der Waals surface area contributed by atoms with Gasteiger partial charge in [-0.25, -0.2) is 13.6 Å². The topological polar surface area (TPSA) is 94.2 Å². The average Bonchev–Trinajstić information content (AvgIpc) is 3.10. The Morgan fingerprint density at radius 1 is 1.18 bits per heavy atom. The molecule has 0 aliphatic rings. The van der Waals surface area contributed by atoms with E-state index in [9.17, 15) is 13.2 Å². The minimum absolute atomic E-state index is 0.0519. The maximum absolute atomic E-state index is 13.4. The molecule has 6 nitrogen and oxygen atoms in total. The van der Waals surface area contributed by atoms with Crippen LogP contribution in [-0.4, -0.2) is 25.8 Å². The Kier molecular flexibility index (Phi) is 6.02. The lowest BCUT2D eigenvalue weighted by atomic mass is 10.1. The van der Waals surface area contributed by atoms with Crippen LogP contribution in [0.2, 0.25) is 5.02 Å². The number of anilines is 1. The molecule has 1 heterocycles. The van der Waals surface area contributed by atoms with Crippen LogP contribution >= 0.6 is 43.5 Å². The highest BCUT2D eigenvalue weighted by Gasteiger charge is 2.28. The van der Waals surface area contributed by atoms with Gasteiger partial charge in [-0.15, -0.1) is 0 Å². The maximum Gasteiger partial charge on any atom is 0.238 e. The summed E-state index contributed by atoms with van der Waals surface area (Å²) in [5.41, 5.74) is 1.46. The van der Waals surface area contributed by atoms with Gasteiger partial charge in [0.1, 0.15) is 0 Å². The molecule has 3 N–H and O–H groups in total. The van der Waals surface area contributed by atoms with Crippen molar-refractivity contribution < 1.29 is 13.2 Å². The minimum Gasteiger partial charge on any atom is -0.386 e. The van der Waals surface area contributed by atoms with E-state index >= 15 is 0 Å². The van der Waals surface area contributed by atoms with Crippen molar-refractivity contribution in [2.45, 2.75) is 4.90 Å². The Morgan fingerprint density at radius 2 is 1.82 bits per heavy atom. The molecule has 28 heavy (non-hydrogen) atoms. The molecule has 0 radical (unpaired) electrons. The molecule has 0 atom stereocenters. The molecule has 3 rings (SSSR count). The molecule has 0 spiro atoms. The van der Waals surface area contributed by atoms with E-state index in [0.29, 0.717) is 25.3 Å². The highest BCUT2D eigenvalue weighted by Crippen LogP contribution is 2.38. The van der Waals surface area contributed by atoms with Crippen LogP contribution in [0.5, 0.6) is 0 Å². The number of nitrogens with zero attached hydrogens (tertiary/aromatic N) is 1. The smallest absolute Gasteiger partial charge is 0.238 e. The molecule has 0 saturated heterocycles. The summed E-state index contributed by atoms with van der Waals surface area (Å²) >= 11 is 12.6. The third-order valence-corrected chi connectivity index (χ3v) is 6.66. The van der Waals surface area contributed by atoms with Crippen LogP contribution in [0.3, 0.4) is 0 Å². The first-order valence-electron chi connectivity index (χ1n) is 7.85. The summed E-state index contributed by atoms with van der Waals surface area (Å²) in [7, 11) is -2.50. The van der Waals surface area contributed by atoms with Gasteiger partial charge < -0.3 is 9.88 Å². The lowest BCUT2D eigenvalue weighted by Crippen LogP contribution is -2.20. The number of carbonyl (C=O) groups is 1. The average molecular weight is 548 g/mol. The summed E-state index contributed by atoms with van der Waals surface area (Å²) in [6.07, 6.45) is 1.71. The van der Waals surface area contributed by atoms with E-state index in [1.165, 1.54) is 6.07 Å². The van der Waals surface area contributed by atoms with Gasteiger partial charge in [0.25, 0.3) is 0 Å². The number of ketones is 1. The summed E-state index contributed by atoms with van der Waals surface area (Å²) in [6.45, 7) is 0. The highest BCUT2D eigenvalue weighted by atomic mass is 79.9. The van der Waals surface area contributed by atoms with E-state index in [2.05, 4.69) is 37.2 Å². The van der Waals surface area contributed by atoms with Crippen molar-refractivity contribution in [3.63, 3.8) is 0 Å². The van der Waals surface area contributed by atoms with Gasteiger partial charge in [-0.3, -0.25) is 4.79 Å². The zero-order valence-corrected chi connectivity index (χ0v) is 19.2. The van der Waals surface area contributed by atoms with Crippen molar-refractivity contribution in [2.75, 3.05) is 12.4 Å². The van der Waals surface area contributed by atoms with Crippen LogP contribution in [-0.2, 0) is 10.0 Å². The van der Waals surface area contributed by atoms with Crippen molar-refractivity contribution in [3.8, 4) is 5.69 Å². The molecule has 0 fully saturated rings. The van der Waals surface area contributed by atoms with Crippen LogP contribution < -0.4 is 10.5 Å². The van der Waals surface area contributed by atoms with E-state index in [1.807, 2.05) is 0 Å². The second-order valence-electron chi connectivity index (χ2n) is 5.78. The fourth-order valence-electron chi connectivity index (χ4n) is 2.78. The molecule has 0 aliphatic heterocycles. The number of carbonyl (C=O) groups excluding carboxylic acids is 1. The van der Waals surface area contributed by atoms with Crippen molar-refractivity contribution in [1.29, 1.82) is 0 Å². The van der Waals surface area contributed by atoms with E-state index < -0.39 is 15.8 Å². The Labute approximate surface area is 184 Å². The number of nitrogens with two attached hydrogens (primary N) is 1. The van der Waals surface area contributed by atoms with E-state index in [0.717, 1.165) is 0 Å². The molecule has 0 aliphatic carbocycles. The van der Waals surface area contributed by atoms with Gasteiger partial charge in [-0.05, 0) is 74.3 Å². The number of hydrogen-bond acceptors (Lipinski definition) is 4. The molecule has 3 aromatic rings. The number of sulfonamides is 1. The quantitative estimate of drug-likeness (QED) is 0.458. The second kappa shape index (κ2) is 8.00. The standard InChI is InChI=1S/C18H14Br2ClN3O3S/c1-23-17-12(19)9-14(28(22,26)27)15(16(17)20)18(25)13-3-2-8-24(13)11-6-4-10(21)5-7-11/h2-9,23H,1H3,(H2,22,26,27). The molecule has 10 heteroatoms. The molecular formula is C18H14Br2ClN3O3S. The van der Waals surface area contributed by atoms with Gasteiger partial charge in [0.05, 0.1) is 26.3 Å². The molecule has 0 unspecified atom stereocenters. The van der Waals surface area contributed by atoms with Gasteiger partial charge in [0.2, 0.25) is 15.8 Å². The van der Waals surface area contributed by atoms with Crippen LogP contribution in [0.15, 0.2) is 62.5 Å². The van der Waals surface area contributed by atoms with Crippen molar-refractivity contribution in [2.24, 2.45) is 5.14 Å². The lowest BCUT2D eigenvalue weighted by Gasteiger charge is -2.16. The SMILES string of the molecule is CNc1c(Br)cc(S(N)(=O)=O)c(C(=O)c2cccn2-c2ccc(Cl)cc2)c1Br. The number of primary sulfonamides is 1. The monoisotopic (exact) mass is 545 g/mol. The van der Waals surface area contributed by atoms with Gasteiger partial charge in [0, 0.05) is 28.4 Å². The van der Waals surface area contributed by atoms with Gasteiger partial charge in [0.15, 0.2) is 0 Å². The van der Waals surface area contributed by atoms with Gasteiger partial charge >= 0.3 is 0 Å². The van der Waals surface area contributed by atoms with Gasteiger partial charge in [-0.1, -0.05) is 11.6 Å². The van der Waals surface area contributed by atoms with E-state index in [-0.39, 0.29) is 16.2 Å². The number of rotatable bonds is 5. The summed E-state index contributed by atoms with van der Waals surface area (Å²) in [5.74, 6) is -0.500. The Balaban J connectivity index is 2.25. The van der Waals surface area contributed by atoms with E-state index in [4.69, 9.17) is 16.7 Å². The van der Waals surface area contributed by atoms with Crippen molar-refractivity contribution >= 4 is 65.0 Å². The van der Waals surface area contributed by atoms with Crippen molar-refractivity contribution in [3.05, 3.63) is 73.9 Å². The van der Waals surface area contributed by atoms with Crippen LogP contribution in [0.1, 0.15) is 16.1 Å². The predicted octanol–water partition coefficient (Wildman–Crippen LogP) is 4.58. The van der Waals surface area contributed by atoms with Crippen LogP contribution in [0.25, 0.3) is 5.69 Å². The Hall–Kier alpha value is -1.65. The summed E-state index contributed by atoms with van der Waals surface area (Å²) in [6, 6.07) is 11.5. The Morgan fingerprint density at radius 3 is 2.39 bits per heavy atom. The van der Waals surface area contributed by atoms with Crippen molar-refractivity contribution in [1.82, 2.24) is 4.57 Å². The predicted molar refractivity (Wildman–Crippen MR) is 117 cm³/mol. The fraction of sp³-hybridized carbons (Fsp3) is 0.0556.